The van der Waals surface area contributed by atoms with E-state index in [0.717, 1.165) is 22.3 Å². The molecule has 0 aromatic heterocycles. The molecule has 4 nitrogen and oxygen atoms in total. The van der Waals surface area contributed by atoms with Crippen LogP contribution in [-0.4, -0.2) is 11.7 Å². The Kier molecular flexibility index (Phi) is 5.62. The van der Waals surface area contributed by atoms with Crippen molar-refractivity contribution in [2.75, 3.05) is 0 Å². The van der Waals surface area contributed by atoms with Crippen LogP contribution in [0, 0.1) is 6.92 Å². The number of nitrogens with two attached hydrogens (primary N) is 1. The summed E-state index contributed by atoms with van der Waals surface area (Å²) < 4.78 is 5.26. The zero-order valence-electron chi connectivity index (χ0n) is 14.8. The smallest absolute Gasteiger partial charge is 0.407 e. The number of rotatable bonds is 4. The van der Waals surface area contributed by atoms with E-state index in [-0.39, 0.29) is 0 Å². The summed E-state index contributed by atoms with van der Waals surface area (Å²) in [5.41, 5.74) is 10.9. The van der Waals surface area contributed by atoms with Crippen LogP contribution < -0.4 is 11.1 Å². The first-order valence-electron chi connectivity index (χ1n) is 8.15. The molecule has 0 heterocycles. The van der Waals surface area contributed by atoms with Gasteiger partial charge in [-0.05, 0) is 61.6 Å². The molecule has 2 rings (SSSR count). The molecule has 0 atom stereocenters. The van der Waals surface area contributed by atoms with E-state index in [2.05, 4.69) is 30.4 Å². The first kappa shape index (κ1) is 18.0. The number of nitrogens with one attached hydrogen (secondary N) is 1. The molecular formula is C20H26N2O2. The van der Waals surface area contributed by atoms with Gasteiger partial charge in [0, 0.05) is 13.1 Å². The summed E-state index contributed by atoms with van der Waals surface area (Å²) in [4.78, 5) is 11.8. The van der Waals surface area contributed by atoms with Gasteiger partial charge in [0.1, 0.15) is 5.60 Å². The molecular weight excluding hydrogens is 300 g/mol. The predicted octanol–water partition coefficient (Wildman–Crippen LogP) is 4.15. The van der Waals surface area contributed by atoms with Gasteiger partial charge in [0.2, 0.25) is 0 Å². The molecule has 128 valence electrons. The quantitative estimate of drug-likeness (QED) is 0.887. The van der Waals surface area contributed by atoms with E-state index in [4.69, 9.17) is 10.5 Å². The maximum Gasteiger partial charge on any atom is 0.407 e. The summed E-state index contributed by atoms with van der Waals surface area (Å²) in [6, 6.07) is 14.3. The van der Waals surface area contributed by atoms with Crippen molar-refractivity contribution in [2.45, 2.75) is 46.4 Å². The molecule has 2 aromatic carbocycles. The highest BCUT2D eigenvalue weighted by atomic mass is 16.6. The van der Waals surface area contributed by atoms with Crippen LogP contribution in [0.25, 0.3) is 11.1 Å². The van der Waals surface area contributed by atoms with Crippen molar-refractivity contribution < 1.29 is 9.53 Å². The molecule has 1 amide bonds. The van der Waals surface area contributed by atoms with E-state index in [9.17, 15) is 4.79 Å². The Morgan fingerprint density at radius 3 is 2.54 bits per heavy atom. The molecule has 0 radical (unpaired) electrons. The van der Waals surface area contributed by atoms with Gasteiger partial charge in [-0.2, -0.15) is 0 Å². The van der Waals surface area contributed by atoms with Crippen molar-refractivity contribution >= 4 is 6.09 Å². The summed E-state index contributed by atoms with van der Waals surface area (Å²) in [6.45, 7) is 8.59. The molecule has 2 aromatic rings. The second-order valence-electron chi connectivity index (χ2n) is 6.85. The van der Waals surface area contributed by atoms with Gasteiger partial charge in [-0.1, -0.05) is 36.4 Å². The van der Waals surface area contributed by atoms with Crippen LogP contribution in [0.5, 0.6) is 0 Å². The second kappa shape index (κ2) is 7.49. The fraction of sp³-hybridized carbons (Fsp3) is 0.350. The predicted molar refractivity (Wildman–Crippen MR) is 97.6 cm³/mol. The summed E-state index contributed by atoms with van der Waals surface area (Å²) >= 11 is 0. The Bertz CT molecular complexity index is 718. The lowest BCUT2D eigenvalue weighted by atomic mass is 9.95. The fourth-order valence-electron chi connectivity index (χ4n) is 2.55. The SMILES string of the molecule is Cc1c(CN)cccc1-c1cccc(CNC(=O)OC(C)(C)C)c1. The van der Waals surface area contributed by atoms with Crippen LogP contribution in [0.4, 0.5) is 4.79 Å². The average molecular weight is 326 g/mol. The first-order chi connectivity index (χ1) is 11.3. The monoisotopic (exact) mass is 326 g/mol. The minimum absolute atomic E-state index is 0.408. The summed E-state index contributed by atoms with van der Waals surface area (Å²) in [5, 5.41) is 2.79. The third kappa shape index (κ3) is 4.83. The number of carbonyl (C=O) groups excluding carboxylic acids is 1. The Labute approximate surface area is 144 Å². The first-order valence-corrected chi connectivity index (χ1v) is 8.15. The molecule has 3 N–H and O–H groups in total. The molecule has 0 aliphatic rings. The van der Waals surface area contributed by atoms with Gasteiger partial charge in [-0.3, -0.25) is 0 Å². The number of alkyl carbamates (subject to hydrolysis) is 1. The number of benzene rings is 2. The van der Waals surface area contributed by atoms with Crippen LogP contribution >= 0.6 is 0 Å². The molecule has 0 saturated heterocycles. The topological polar surface area (TPSA) is 64.3 Å². The Morgan fingerprint density at radius 2 is 1.88 bits per heavy atom. The fourth-order valence-corrected chi connectivity index (χ4v) is 2.55. The molecule has 0 aliphatic carbocycles. The average Bonchev–Trinajstić information content (AvgIpc) is 2.52. The van der Waals surface area contributed by atoms with Crippen molar-refractivity contribution in [2.24, 2.45) is 5.73 Å². The highest BCUT2D eigenvalue weighted by Gasteiger charge is 2.15. The minimum Gasteiger partial charge on any atom is -0.444 e. The molecule has 0 fully saturated rings. The van der Waals surface area contributed by atoms with E-state index in [1.54, 1.807) is 0 Å². The number of hydrogen-bond donors (Lipinski definition) is 2. The minimum atomic E-state index is -0.494. The van der Waals surface area contributed by atoms with E-state index in [1.165, 1.54) is 5.56 Å². The summed E-state index contributed by atoms with van der Waals surface area (Å²) in [5.74, 6) is 0. The van der Waals surface area contributed by atoms with E-state index >= 15 is 0 Å². The third-order valence-electron chi connectivity index (χ3n) is 3.74. The van der Waals surface area contributed by atoms with Crippen molar-refractivity contribution in [1.82, 2.24) is 5.32 Å². The maximum atomic E-state index is 11.8. The van der Waals surface area contributed by atoms with Gasteiger partial charge in [-0.25, -0.2) is 4.79 Å². The highest BCUT2D eigenvalue weighted by Crippen LogP contribution is 2.26. The van der Waals surface area contributed by atoms with Crippen LogP contribution in [0.15, 0.2) is 42.5 Å². The lowest BCUT2D eigenvalue weighted by Gasteiger charge is -2.19. The normalized spacial score (nSPS) is 11.2. The standard InChI is InChI=1S/C20H26N2O2/c1-14-17(12-21)9-6-10-18(14)16-8-5-7-15(11-16)13-22-19(23)24-20(2,3)4/h5-11H,12-13,21H2,1-4H3,(H,22,23). The number of hydrogen-bond acceptors (Lipinski definition) is 3. The lowest BCUT2D eigenvalue weighted by Crippen LogP contribution is -2.32. The van der Waals surface area contributed by atoms with Crippen LogP contribution in [0.1, 0.15) is 37.5 Å². The van der Waals surface area contributed by atoms with E-state index < -0.39 is 11.7 Å². The van der Waals surface area contributed by atoms with Gasteiger partial charge in [0.05, 0.1) is 0 Å². The summed E-state index contributed by atoms with van der Waals surface area (Å²) in [6.07, 6.45) is -0.408. The highest BCUT2D eigenvalue weighted by molar-refractivity contribution is 5.70. The molecule has 0 bridgehead atoms. The maximum absolute atomic E-state index is 11.8. The Balaban J connectivity index is 2.14. The van der Waals surface area contributed by atoms with Crippen LogP contribution in [-0.2, 0) is 17.8 Å². The van der Waals surface area contributed by atoms with Gasteiger partial charge >= 0.3 is 6.09 Å². The summed E-state index contributed by atoms with van der Waals surface area (Å²) in [7, 11) is 0. The van der Waals surface area contributed by atoms with E-state index in [0.29, 0.717) is 13.1 Å². The molecule has 4 heteroatoms. The molecule has 0 aliphatic heterocycles. The van der Waals surface area contributed by atoms with Gasteiger partial charge < -0.3 is 15.8 Å². The lowest BCUT2D eigenvalue weighted by molar-refractivity contribution is 0.0523. The van der Waals surface area contributed by atoms with Crippen molar-refractivity contribution in [3.05, 3.63) is 59.2 Å². The molecule has 0 unspecified atom stereocenters. The molecule has 0 spiro atoms. The van der Waals surface area contributed by atoms with Gasteiger partial charge in [0.25, 0.3) is 0 Å². The van der Waals surface area contributed by atoms with E-state index in [1.807, 2.05) is 45.0 Å². The molecule has 0 saturated carbocycles. The van der Waals surface area contributed by atoms with Crippen LogP contribution in [0.2, 0.25) is 0 Å². The van der Waals surface area contributed by atoms with Crippen molar-refractivity contribution in [3.8, 4) is 11.1 Å². The number of ether oxygens (including phenoxy) is 1. The van der Waals surface area contributed by atoms with Gasteiger partial charge in [0.15, 0.2) is 0 Å². The number of amides is 1. The Hall–Kier alpha value is -2.33. The third-order valence-corrected chi connectivity index (χ3v) is 3.74. The van der Waals surface area contributed by atoms with Gasteiger partial charge in [-0.15, -0.1) is 0 Å². The number of carbonyl (C=O) groups is 1. The second-order valence-corrected chi connectivity index (χ2v) is 6.85. The Morgan fingerprint density at radius 1 is 1.17 bits per heavy atom. The van der Waals surface area contributed by atoms with Crippen LogP contribution in [0.3, 0.4) is 0 Å². The zero-order valence-corrected chi connectivity index (χ0v) is 14.8. The van der Waals surface area contributed by atoms with Crippen molar-refractivity contribution in [1.29, 1.82) is 0 Å². The zero-order chi connectivity index (χ0) is 17.7. The largest absolute Gasteiger partial charge is 0.444 e. The van der Waals surface area contributed by atoms with Crippen molar-refractivity contribution in [3.63, 3.8) is 0 Å². The molecule has 24 heavy (non-hydrogen) atoms.